The summed E-state index contributed by atoms with van der Waals surface area (Å²) >= 11 is 0. The molecule has 1 aromatic heterocycles. The first-order valence-electron chi connectivity index (χ1n) is 7.39. The van der Waals surface area contributed by atoms with Crippen LogP contribution in [-0.2, 0) is 19.0 Å². The average Bonchev–Trinajstić information content (AvgIpc) is 2.83. The predicted octanol–water partition coefficient (Wildman–Crippen LogP) is -1.52. The Morgan fingerprint density at radius 3 is 2.83 bits per heavy atom. The summed E-state index contributed by atoms with van der Waals surface area (Å²) in [7, 11) is 1.51. The normalized spacial score (nSPS) is 26.5. The van der Waals surface area contributed by atoms with Crippen molar-refractivity contribution < 1.29 is 29.2 Å². The predicted molar refractivity (Wildman–Crippen MR) is 81.4 cm³/mol. The Morgan fingerprint density at radius 1 is 1.50 bits per heavy atom. The van der Waals surface area contributed by atoms with Gasteiger partial charge in [0, 0.05) is 20.2 Å². The van der Waals surface area contributed by atoms with E-state index in [1.165, 1.54) is 26.3 Å². The molecule has 1 amide bonds. The molecule has 4 atom stereocenters. The molecular formula is C14H21N3O7. The lowest BCUT2D eigenvalue weighted by Crippen LogP contribution is -2.38. The summed E-state index contributed by atoms with van der Waals surface area (Å²) in [6.07, 6.45) is -2.45. The van der Waals surface area contributed by atoms with Crippen molar-refractivity contribution in [1.29, 1.82) is 0 Å². The molecule has 1 saturated heterocycles. The van der Waals surface area contributed by atoms with Gasteiger partial charge in [-0.3, -0.25) is 9.36 Å². The van der Waals surface area contributed by atoms with Crippen molar-refractivity contribution >= 4 is 11.7 Å². The summed E-state index contributed by atoms with van der Waals surface area (Å²) in [6, 6.07) is 1.43. The minimum Gasteiger partial charge on any atom is -0.394 e. The molecule has 0 aliphatic carbocycles. The van der Waals surface area contributed by atoms with E-state index < -0.39 is 36.8 Å². The number of ether oxygens (including phenoxy) is 3. The summed E-state index contributed by atoms with van der Waals surface area (Å²) in [5.74, 6) is -0.244. The molecule has 134 valence electrons. The molecule has 1 aromatic rings. The lowest BCUT2D eigenvalue weighted by atomic mass is 10.1. The number of anilines is 1. The first-order chi connectivity index (χ1) is 11.5. The lowest BCUT2D eigenvalue weighted by Gasteiger charge is -2.22. The maximum Gasteiger partial charge on any atom is 0.351 e. The molecule has 0 saturated carbocycles. The third-order valence-electron chi connectivity index (χ3n) is 3.50. The largest absolute Gasteiger partial charge is 0.394 e. The van der Waals surface area contributed by atoms with Gasteiger partial charge in [-0.25, -0.2) is 4.79 Å². The minimum absolute atomic E-state index is 0.109. The quantitative estimate of drug-likeness (QED) is 0.509. The number of methoxy groups -OCH3 is 1. The van der Waals surface area contributed by atoms with Crippen molar-refractivity contribution in [2.75, 3.05) is 32.2 Å². The van der Waals surface area contributed by atoms with Gasteiger partial charge < -0.3 is 29.7 Å². The third-order valence-corrected chi connectivity index (χ3v) is 3.50. The van der Waals surface area contributed by atoms with Gasteiger partial charge in [-0.05, 0) is 6.07 Å². The van der Waals surface area contributed by atoms with E-state index in [-0.39, 0.29) is 18.3 Å². The fraction of sp³-hybridized carbons (Fsp3) is 0.643. The molecule has 3 N–H and O–H groups in total. The maximum atomic E-state index is 12.2. The van der Waals surface area contributed by atoms with Crippen LogP contribution in [0.15, 0.2) is 17.1 Å². The monoisotopic (exact) mass is 343 g/mol. The number of carbonyl (C=O) groups is 1. The summed E-state index contributed by atoms with van der Waals surface area (Å²) in [5.41, 5.74) is -0.683. The van der Waals surface area contributed by atoms with Crippen LogP contribution in [-0.4, -0.2) is 70.9 Å². The number of aliphatic hydroxyl groups excluding tert-OH is 2. The van der Waals surface area contributed by atoms with Crippen molar-refractivity contribution in [3.8, 4) is 0 Å². The molecule has 2 heterocycles. The van der Waals surface area contributed by atoms with Crippen molar-refractivity contribution in [3.63, 3.8) is 0 Å². The van der Waals surface area contributed by atoms with Gasteiger partial charge >= 0.3 is 5.69 Å². The smallest absolute Gasteiger partial charge is 0.351 e. The van der Waals surface area contributed by atoms with Crippen LogP contribution in [0.3, 0.4) is 0 Å². The van der Waals surface area contributed by atoms with Crippen LogP contribution < -0.4 is 11.0 Å². The highest BCUT2D eigenvalue weighted by Crippen LogP contribution is 2.30. The first-order valence-corrected chi connectivity index (χ1v) is 7.39. The zero-order valence-electron chi connectivity index (χ0n) is 13.4. The summed E-state index contributed by atoms with van der Waals surface area (Å²) in [4.78, 5) is 26.9. The number of hydrogen-bond acceptors (Lipinski definition) is 8. The fourth-order valence-electron chi connectivity index (χ4n) is 2.40. The highest BCUT2D eigenvalue weighted by atomic mass is 16.6. The number of rotatable bonds is 7. The number of nitrogens with zero attached hydrogens (tertiary/aromatic N) is 2. The Hall–Kier alpha value is -1.85. The highest BCUT2D eigenvalue weighted by Gasteiger charge is 2.45. The van der Waals surface area contributed by atoms with E-state index in [1.54, 1.807) is 0 Å². The number of aromatic nitrogens is 2. The number of carbonyl (C=O) groups excluding carboxylic acids is 1. The summed E-state index contributed by atoms with van der Waals surface area (Å²) < 4.78 is 17.1. The van der Waals surface area contributed by atoms with Crippen molar-refractivity contribution in [2.45, 2.75) is 31.5 Å². The van der Waals surface area contributed by atoms with Gasteiger partial charge in [0.2, 0.25) is 5.91 Å². The second kappa shape index (κ2) is 8.31. The van der Waals surface area contributed by atoms with Crippen molar-refractivity contribution in [3.05, 3.63) is 22.7 Å². The van der Waals surface area contributed by atoms with Crippen LogP contribution in [0.5, 0.6) is 0 Å². The highest BCUT2D eigenvalue weighted by molar-refractivity contribution is 5.87. The van der Waals surface area contributed by atoms with Gasteiger partial charge in [-0.15, -0.1) is 0 Å². The van der Waals surface area contributed by atoms with E-state index in [0.717, 1.165) is 4.57 Å². The maximum absolute atomic E-state index is 12.2. The van der Waals surface area contributed by atoms with Gasteiger partial charge in [-0.2, -0.15) is 4.98 Å². The summed E-state index contributed by atoms with van der Waals surface area (Å²) in [6.45, 7) is 1.36. The Bertz CT molecular complexity index is 621. The third kappa shape index (κ3) is 4.16. The molecule has 1 fully saturated rings. The van der Waals surface area contributed by atoms with E-state index >= 15 is 0 Å². The molecule has 1 aliphatic rings. The van der Waals surface area contributed by atoms with E-state index in [1.807, 2.05) is 0 Å². The number of amides is 1. The number of aliphatic hydroxyl groups is 2. The van der Waals surface area contributed by atoms with Crippen molar-refractivity contribution in [2.24, 2.45) is 0 Å². The Labute approximate surface area is 138 Å². The SMILES string of the molecule is COCCOC1C(O)C(CO)OC1n1ccc(NC(C)=O)nc1=O. The molecule has 0 bridgehead atoms. The van der Waals surface area contributed by atoms with Gasteiger partial charge in [0.05, 0.1) is 19.8 Å². The van der Waals surface area contributed by atoms with Crippen LogP contribution in [0.1, 0.15) is 13.2 Å². The van der Waals surface area contributed by atoms with Crippen LogP contribution in [0.25, 0.3) is 0 Å². The molecule has 24 heavy (non-hydrogen) atoms. The Kier molecular flexibility index (Phi) is 6.40. The van der Waals surface area contributed by atoms with E-state index in [2.05, 4.69) is 10.3 Å². The zero-order valence-corrected chi connectivity index (χ0v) is 13.4. The van der Waals surface area contributed by atoms with Gasteiger partial charge in [0.1, 0.15) is 24.1 Å². The van der Waals surface area contributed by atoms with Crippen LogP contribution >= 0.6 is 0 Å². The number of nitrogens with one attached hydrogen (secondary N) is 1. The molecule has 10 heteroatoms. The molecule has 1 aliphatic heterocycles. The first kappa shape index (κ1) is 18.5. The standard InChI is InChI=1S/C14H21N3O7/c1-8(19)15-10-3-4-17(14(21)16-10)13-12(23-6-5-22-2)11(20)9(7-18)24-13/h3-4,9,11-13,18,20H,5-7H2,1-2H3,(H,15,16,19,21). The zero-order chi connectivity index (χ0) is 17.7. The fourth-order valence-corrected chi connectivity index (χ4v) is 2.40. The van der Waals surface area contributed by atoms with E-state index in [0.29, 0.717) is 6.61 Å². The topological polar surface area (TPSA) is 132 Å². The Morgan fingerprint density at radius 2 is 2.25 bits per heavy atom. The van der Waals surface area contributed by atoms with E-state index in [9.17, 15) is 19.8 Å². The summed E-state index contributed by atoms with van der Waals surface area (Å²) in [5, 5.41) is 21.9. The van der Waals surface area contributed by atoms with Crippen molar-refractivity contribution in [1.82, 2.24) is 9.55 Å². The average molecular weight is 343 g/mol. The molecule has 10 nitrogen and oxygen atoms in total. The molecular weight excluding hydrogens is 322 g/mol. The second-order valence-electron chi connectivity index (χ2n) is 5.25. The number of hydrogen-bond donors (Lipinski definition) is 3. The van der Waals surface area contributed by atoms with Gasteiger partial charge in [0.25, 0.3) is 0 Å². The molecule has 0 radical (unpaired) electrons. The lowest BCUT2D eigenvalue weighted by molar-refractivity contribution is -0.114. The molecule has 0 spiro atoms. The molecule has 0 aromatic carbocycles. The minimum atomic E-state index is -1.11. The molecule has 4 unspecified atom stereocenters. The Balaban J connectivity index is 2.23. The van der Waals surface area contributed by atoms with Gasteiger partial charge in [0.15, 0.2) is 6.23 Å². The van der Waals surface area contributed by atoms with Crippen LogP contribution in [0.4, 0.5) is 5.82 Å². The second-order valence-corrected chi connectivity index (χ2v) is 5.25. The molecule has 2 rings (SSSR count). The van der Waals surface area contributed by atoms with Gasteiger partial charge in [-0.1, -0.05) is 0 Å². The van der Waals surface area contributed by atoms with Crippen LogP contribution in [0, 0.1) is 0 Å². The van der Waals surface area contributed by atoms with Crippen LogP contribution in [0.2, 0.25) is 0 Å². The van der Waals surface area contributed by atoms with E-state index in [4.69, 9.17) is 14.2 Å².